The number of terminal acetylenes is 1. The number of hydrogen-bond donors (Lipinski definition) is 1. The quantitative estimate of drug-likeness (QED) is 0.369. The molecule has 0 aliphatic heterocycles. The van der Waals surface area contributed by atoms with E-state index in [1.165, 1.54) is 6.21 Å². The third kappa shape index (κ3) is 5.90. The number of hydrazone groups is 1. The van der Waals surface area contributed by atoms with Crippen molar-refractivity contribution in [2.24, 2.45) is 5.10 Å². The van der Waals surface area contributed by atoms with E-state index in [1.54, 1.807) is 19.1 Å². The van der Waals surface area contributed by atoms with Gasteiger partial charge in [-0.15, -0.1) is 6.42 Å². The Balaban J connectivity index is 1.99. The zero-order valence-corrected chi connectivity index (χ0v) is 17.1. The Morgan fingerprint density at radius 3 is 2.81 bits per heavy atom. The lowest BCUT2D eigenvalue weighted by Gasteiger charge is -2.14. The largest absolute Gasteiger partial charge is 0.480 e. The molecule has 1 atom stereocenters. The van der Waals surface area contributed by atoms with E-state index in [0.717, 1.165) is 8.95 Å². The van der Waals surface area contributed by atoms with Gasteiger partial charge in [-0.3, -0.25) is 4.79 Å². The van der Waals surface area contributed by atoms with Gasteiger partial charge < -0.3 is 9.47 Å². The predicted octanol–water partition coefficient (Wildman–Crippen LogP) is 4.14. The van der Waals surface area contributed by atoms with Crippen LogP contribution in [0.5, 0.6) is 11.5 Å². The van der Waals surface area contributed by atoms with E-state index in [1.807, 2.05) is 30.3 Å². The zero-order valence-electron chi connectivity index (χ0n) is 13.9. The molecule has 1 N–H and O–H groups in total. The van der Waals surface area contributed by atoms with Crippen LogP contribution in [-0.2, 0) is 4.79 Å². The fraction of sp³-hybridized carbons (Fsp3) is 0.158. The van der Waals surface area contributed by atoms with Gasteiger partial charge >= 0.3 is 0 Å². The first-order chi connectivity index (χ1) is 12.5. The molecule has 0 heterocycles. The second-order valence-corrected chi connectivity index (χ2v) is 6.87. The molecule has 26 heavy (non-hydrogen) atoms. The number of carbonyl (C=O) groups is 1. The van der Waals surface area contributed by atoms with E-state index in [0.29, 0.717) is 17.1 Å². The Morgan fingerprint density at radius 2 is 2.08 bits per heavy atom. The Labute approximate surface area is 169 Å². The molecular formula is C19H16Br2N2O3. The monoisotopic (exact) mass is 478 g/mol. The normalized spacial score (nSPS) is 11.6. The van der Waals surface area contributed by atoms with E-state index in [4.69, 9.17) is 15.9 Å². The lowest BCUT2D eigenvalue weighted by Crippen LogP contribution is -2.33. The van der Waals surface area contributed by atoms with Crippen LogP contribution >= 0.6 is 31.9 Å². The molecule has 0 aromatic heterocycles. The SMILES string of the molecule is C#CCOc1ccc(Br)cc1/C=N/NC(=O)C(C)Oc1ccccc1Br. The number of para-hydroxylation sites is 1. The first-order valence-corrected chi connectivity index (χ1v) is 9.19. The van der Waals surface area contributed by atoms with Crippen molar-refractivity contribution < 1.29 is 14.3 Å². The summed E-state index contributed by atoms with van der Waals surface area (Å²) in [4.78, 5) is 12.1. The minimum absolute atomic E-state index is 0.145. The maximum atomic E-state index is 12.1. The summed E-state index contributed by atoms with van der Waals surface area (Å²) in [7, 11) is 0. The summed E-state index contributed by atoms with van der Waals surface area (Å²) in [5.41, 5.74) is 3.13. The van der Waals surface area contributed by atoms with E-state index in [-0.39, 0.29) is 12.5 Å². The van der Waals surface area contributed by atoms with Crippen molar-refractivity contribution in [1.82, 2.24) is 5.43 Å². The van der Waals surface area contributed by atoms with E-state index in [9.17, 15) is 4.79 Å². The standard InChI is InChI=1S/C19H16Br2N2O3/c1-3-10-25-17-9-8-15(20)11-14(17)12-22-23-19(24)13(2)26-18-7-5-4-6-16(18)21/h1,4-9,11-13H,10H2,2H3,(H,23,24)/b22-12+. The third-order valence-electron chi connectivity index (χ3n) is 3.17. The molecular weight excluding hydrogens is 464 g/mol. The molecule has 0 bridgehead atoms. The summed E-state index contributed by atoms with van der Waals surface area (Å²) in [6.07, 6.45) is 5.98. The minimum Gasteiger partial charge on any atom is -0.480 e. The number of halogens is 2. The number of rotatable bonds is 7. The van der Waals surface area contributed by atoms with Gasteiger partial charge in [0.1, 0.15) is 18.1 Å². The van der Waals surface area contributed by atoms with Gasteiger partial charge in [0.05, 0.1) is 10.7 Å². The third-order valence-corrected chi connectivity index (χ3v) is 4.32. The van der Waals surface area contributed by atoms with Crippen LogP contribution in [0.15, 0.2) is 56.5 Å². The number of benzene rings is 2. The average Bonchev–Trinajstić information content (AvgIpc) is 2.62. The molecule has 134 valence electrons. The Kier molecular flexibility index (Phi) is 7.70. The lowest BCUT2D eigenvalue weighted by molar-refractivity contribution is -0.127. The van der Waals surface area contributed by atoms with E-state index < -0.39 is 6.10 Å². The van der Waals surface area contributed by atoms with Crippen molar-refractivity contribution in [3.05, 3.63) is 57.0 Å². The van der Waals surface area contributed by atoms with Crippen LogP contribution in [0.4, 0.5) is 0 Å². The molecule has 0 radical (unpaired) electrons. The van der Waals surface area contributed by atoms with Crippen LogP contribution in [0.1, 0.15) is 12.5 Å². The zero-order chi connectivity index (χ0) is 18.9. The van der Waals surface area contributed by atoms with Gasteiger partial charge in [0, 0.05) is 10.0 Å². The number of nitrogens with one attached hydrogen (secondary N) is 1. The highest BCUT2D eigenvalue weighted by Crippen LogP contribution is 2.25. The lowest BCUT2D eigenvalue weighted by atomic mass is 10.2. The highest BCUT2D eigenvalue weighted by atomic mass is 79.9. The molecule has 0 spiro atoms. The smallest absolute Gasteiger partial charge is 0.280 e. The molecule has 5 nitrogen and oxygen atoms in total. The predicted molar refractivity (Wildman–Crippen MR) is 108 cm³/mol. The summed E-state index contributed by atoms with van der Waals surface area (Å²) in [5.74, 6) is 3.18. The maximum Gasteiger partial charge on any atom is 0.280 e. The summed E-state index contributed by atoms with van der Waals surface area (Å²) in [5, 5.41) is 3.97. The van der Waals surface area contributed by atoms with Crippen LogP contribution in [0.25, 0.3) is 0 Å². The molecule has 2 aromatic carbocycles. The van der Waals surface area contributed by atoms with Crippen LogP contribution in [0.2, 0.25) is 0 Å². The van der Waals surface area contributed by atoms with Gasteiger partial charge in [0.15, 0.2) is 6.10 Å². The summed E-state index contributed by atoms with van der Waals surface area (Å²) in [6, 6.07) is 12.7. The summed E-state index contributed by atoms with van der Waals surface area (Å²) in [6.45, 7) is 1.79. The molecule has 0 saturated carbocycles. The van der Waals surface area contributed by atoms with Crippen LogP contribution in [0, 0.1) is 12.3 Å². The van der Waals surface area contributed by atoms with Crippen molar-refractivity contribution in [2.75, 3.05) is 6.61 Å². The highest BCUT2D eigenvalue weighted by Gasteiger charge is 2.15. The molecule has 0 aliphatic rings. The fourth-order valence-electron chi connectivity index (χ4n) is 1.91. The summed E-state index contributed by atoms with van der Waals surface area (Å²) < 4.78 is 12.7. The Hall–Kier alpha value is -2.30. The maximum absolute atomic E-state index is 12.1. The van der Waals surface area contributed by atoms with Gasteiger partial charge in [-0.2, -0.15) is 5.10 Å². The van der Waals surface area contributed by atoms with Crippen molar-refractivity contribution in [3.8, 4) is 23.8 Å². The molecule has 1 amide bonds. The molecule has 0 saturated heterocycles. The first kappa shape index (κ1) is 20.0. The van der Waals surface area contributed by atoms with Crippen LogP contribution in [0.3, 0.4) is 0 Å². The van der Waals surface area contributed by atoms with Gasteiger partial charge in [0.25, 0.3) is 5.91 Å². The Morgan fingerprint density at radius 1 is 1.31 bits per heavy atom. The second-order valence-electron chi connectivity index (χ2n) is 5.10. The summed E-state index contributed by atoms with van der Waals surface area (Å²) >= 11 is 6.76. The number of hydrogen-bond acceptors (Lipinski definition) is 4. The fourth-order valence-corrected chi connectivity index (χ4v) is 2.67. The van der Waals surface area contributed by atoms with Gasteiger partial charge in [-0.05, 0) is 53.2 Å². The number of nitrogens with zero attached hydrogens (tertiary/aromatic N) is 1. The van der Waals surface area contributed by atoms with Crippen LogP contribution < -0.4 is 14.9 Å². The van der Waals surface area contributed by atoms with Crippen molar-refractivity contribution in [1.29, 1.82) is 0 Å². The van der Waals surface area contributed by atoms with Crippen molar-refractivity contribution in [3.63, 3.8) is 0 Å². The Bertz CT molecular complexity index is 847. The molecule has 0 fully saturated rings. The average molecular weight is 480 g/mol. The number of carbonyl (C=O) groups excluding carboxylic acids is 1. The van der Waals surface area contributed by atoms with E-state index >= 15 is 0 Å². The number of amides is 1. The molecule has 7 heteroatoms. The molecule has 2 aromatic rings. The van der Waals surface area contributed by atoms with Crippen molar-refractivity contribution in [2.45, 2.75) is 13.0 Å². The van der Waals surface area contributed by atoms with Crippen molar-refractivity contribution >= 4 is 44.0 Å². The van der Waals surface area contributed by atoms with Gasteiger partial charge in [-0.25, -0.2) is 5.43 Å². The topological polar surface area (TPSA) is 59.9 Å². The molecule has 1 unspecified atom stereocenters. The molecule has 2 rings (SSSR count). The first-order valence-electron chi connectivity index (χ1n) is 7.61. The van der Waals surface area contributed by atoms with Gasteiger partial charge in [-0.1, -0.05) is 34.0 Å². The second kappa shape index (κ2) is 10.00. The molecule has 0 aliphatic carbocycles. The van der Waals surface area contributed by atoms with Gasteiger partial charge in [0.2, 0.25) is 0 Å². The minimum atomic E-state index is -0.717. The van der Waals surface area contributed by atoms with E-state index in [2.05, 4.69) is 48.3 Å². The number of ether oxygens (including phenoxy) is 2. The van der Waals surface area contributed by atoms with Crippen LogP contribution in [-0.4, -0.2) is 24.8 Å². The highest BCUT2D eigenvalue weighted by molar-refractivity contribution is 9.10.